The molecule has 0 aliphatic carbocycles. The first-order chi connectivity index (χ1) is 8.74. The Morgan fingerprint density at radius 2 is 1.78 bits per heavy atom. The molecule has 0 spiro atoms. The van der Waals surface area contributed by atoms with Crippen LogP contribution in [-0.4, -0.2) is 16.5 Å². The molecule has 0 bridgehead atoms. The van der Waals surface area contributed by atoms with Crippen LogP contribution >= 0.6 is 0 Å². The van der Waals surface area contributed by atoms with E-state index >= 15 is 0 Å². The number of fused-ring (bicyclic) bond motifs is 1. The van der Waals surface area contributed by atoms with Crippen molar-refractivity contribution in [3.05, 3.63) is 44.5 Å². The Morgan fingerprint density at radius 1 is 1.00 bits per heavy atom. The third-order valence-corrected chi connectivity index (χ3v) is 3.46. The lowest BCUT2D eigenvalue weighted by Crippen LogP contribution is -2.29. The van der Waals surface area contributed by atoms with Gasteiger partial charge in [-0.25, -0.2) is 0 Å². The Hall–Kier alpha value is -1.88. The second kappa shape index (κ2) is 4.42. The maximum absolute atomic E-state index is 11.3. The molecule has 1 aromatic heterocycles. The fraction of sp³-hybridized carbons (Fsp3) is 0.385. The van der Waals surface area contributed by atoms with E-state index in [2.05, 4.69) is 15.3 Å². The maximum Gasteiger partial charge on any atom is 0.314 e. The first-order valence-corrected chi connectivity index (χ1v) is 6.24. The summed E-state index contributed by atoms with van der Waals surface area (Å²) in [5.74, 6) is 0. The van der Waals surface area contributed by atoms with Crippen LogP contribution in [-0.2, 0) is 0 Å². The third kappa shape index (κ3) is 1.97. The molecule has 1 fully saturated rings. The van der Waals surface area contributed by atoms with Gasteiger partial charge >= 0.3 is 11.1 Å². The number of H-pyrrole nitrogens is 2. The summed E-state index contributed by atoms with van der Waals surface area (Å²) in [6.07, 6.45) is 3.55. The maximum atomic E-state index is 11.3. The van der Waals surface area contributed by atoms with Crippen LogP contribution in [0.1, 0.15) is 30.9 Å². The average molecular weight is 245 g/mol. The molecule has 5 heteroatoms. The van der Waals surface area contributed by atoms with E-state index in [1.807, 2.05) is 18.2 Å². The number of piperidine rings is 1. The molecule has 18 heavy (non-hydrogen) atoms. The van der Waals surface area contributed by atoms with E-state index in [1.54, 1.807) is 0 Å². The summed E-state index contributed by atoms with van der Waals surface area (Å²) in [6, 6.07) is 6.13. The molecule has 1 unspecified atom stereocenters. The molecule has 1 atom stereocenters. The number of nitrogens with one attached hydrogen (secondary N) is 3. The molecule has 0 radical (unpaired) electrons. The highest BCUT2D eigenvalue weighted by Gasteiger charge is 2.15. The highest BCUT2D eigenvalue weighted by Crippen LogP contribution is 2.24. The SMILES string of the molecule is O=c1[nH]c2ccc(C3CCCCN3)cc2[nH]c1=O. The van der Waals surface area contributed by atoms with Crippen molar-refractivity contribution in [1.29, 1.82) is 0 Å². The zero-order valence-electron chi connectivity index (χ0n) is 9.95. The smallest absolute Gasteiger partial charge is 0.314 e. The normalized spacial score (nSPS) is 20.1. The highest BCUT2D eigenvalue weighted by atomic mass is 16.2. The zero-order chi connectivity index (χ0) is 12.5. The monoisotopic (exact) mass is 245 g/mol. The van der Waals surface area contributed by atoms with Gasteiger partial charge < -0.3 is 15.3 Å². The van der Waals surface area contributed by atoms with E-state index in [-0.39, 0.29) is 0 Å². The molecule has 0 amide bonds. The van der Waals surface area contributed by atoms with Crippen molar-refractivity contribution in [2.45, 2.75) is 25.3 Å². The molecular formula is C13H15N3O2. The molecule has 94 valence electrons. The molecular weight excluding hydrogens is 230 g/mol. The van der Waals surface area contributed by atoms with Gasteiger partial charge in [0, 0.05) is 6.04 Å². The summed E-state index contributed by atoms with van der Waals surface area (Å²) in [6.45, 7) is 1.03. The number of aromatic nitrogens is 2. The molecule has 3 rings (SSSR count). The van der Waals surface area contributed by atoms with Crippen molar-refractivity contribution in [2.24, 2.45) is 0 Å². The minimum atomic E-state index is -0.606. The fourth-order valence-electron chi connectivity index (χ4n) is 2.49. The van der Waals surface area contributed by atoms with Crippen molar-refractivity contribution in [2.75, 3.05) is 6.54 Å². The van der Waals surface area contributed by atoms with Crippen LogP contribution in [0, 0.1) is 0 Å². The summed E-state index contributed by atoms with van der Waals surface area (Å²) in [5, 5.41) is 3.46. The fourth-order valence-corrected chi connectivity index (χ4v) is 2.49. The van der Waals surface area contributed by atoms with Gasteiger partial charge in [0.2, 0.25) is 0 Å². The Bertz CT molecular complexity index is 680. The molecule has 0 saturated carbocycles. The molecule has 1 aliphatic heterocycles. The first kappa shape index (κ1) is 11.2. The lowest BCUT2D eigenvalue weighted by Gasteiger charge is -2.23. The molecule has 1 aromatic carbocycles. The Balaban J connectivity index is 2.07. The predicted octanol–water partition coefficient (Wildman–Crippen LogP) is 1.03. The van der Waals surface area contributed by atoms with Crippen molar-refractivity contribution < 1.29 is 0 Å². The van der Waals surface area contributed by atoms with Crippen LogP contribution in [0.4, 0.5) is 0 Å². The third-order valence-electron chi connectivity index (χ3n) is 3.46. The zero-order valence-corrected chi connectivity index (χ0v) is 9.95. The average Bonchev–Trinajstić information content (AvgIpc) is 2.41. The summed E-state index contributed by atoms with van der Waals surface area (Å²) in [5.41, 5.74) is 1.30. The minimum absolute atomic E-state index is 0.346. The topological polar surface area (TPSA) is 77.8 Å². The van der Waals surface area contributed by atoms with Crippen LogP contribution in [0.15, 0.2) is 27.8 Å². The lowest BCUT2D eigenvalue weighted by molar-refractivity contribution is 0.412. The summed E-state index contributed by atoms with van der Waals surface area (Å²) >= 11 is 0. The number of aromatic amines is 2. The van der Waals surface area contributed by atoms with Crippen molar-refractivity contribution in [3.8, 4) is 0 Å². The second-order valence-corrected chi connectivity index (χ2v) is 4.72. The van der Waals surface area contributed by atoms with E-state index < -0.39 is 11.1 Å². The molecule has 5 nitrogen and oxygen atoms in total. The van der Waals surface area contributed by atoms with Crippen molar-refractivity contribution >= 4 is 11.0 Å². The Kier molecular flexibility index (Phi) is 2.76. The van der Waals surface area contributed by atoms with Crippen LogP contribution in [0.25, 0.3) is 11.0 Å². The van der Waals surface area contributed by atoms with E-state index in [0.29, 0.717) is 17.1 Å². The molecule has 3 N–H and O–H groups in total. The van der Waals surface area contributed by atoms with E-state index in [4.69, 9.17) is 0 Å². The summed E-state index contributed by atoms with van der Waals surface area (Å²) in [7, 11) is 0. The Labute approximate surface area is 103 Å². The van der Waals surface area contributed by atoms with Gasteiger partial charge in [-0.05, 0) is 37.1 Å². The van der Waals surface area contributed by atoms with Gasteiger partial charge in [0.1, 0.15) is 0 Å². The highest BCUT2D eigenvalue weighted by molar-refractivity contribution is 5.74. The van der Waals surface area contributed by atoms with Gasteiger partial charge in [-0.3, -0.25) is 9.59 Å². The number of hydrogen-bond donors (Lipinski definition) is 3. The molecule has 1 saturated heterocycles. The number of benzene rings is 1. The van der Waals surface area contributed by atoms with E-state index in [9.17, 15) is 9.59 Å². The van der Waals surface area contributed by atoms with E-state index in [0.717, 1.165) is 18.5 Å². The van der Waals surface area contributed by atoms with Gasteiger partial charge in [-0.1, -0.05) is 12.5 Å². The van der Waals surface area contributed by atoms with Crippen LogP contribution in [0.5, 0.6) is 0 Å². The van der Waals surface area contributed by atoms with Crippen molar-refractivity contribution in [1.82, 2.24) is 15.3 Å². The first-order valence-electron chi connectivity index (χ1n) is 6.24. The predicted molar refractivity (Wildman–Crippen MR) is 69.8 cm³/mol. The van der Waals surface area contributed by atoms with E-state index in [1.165, 1.54) is 12.8 Å². The lowest BCUT2D eigenvalue weighted by atomic mass is 9.97. The standard InChI is InChI=1S/C13H15N3O2/c17-12-13(18)16-11-7-8(4-5-10(11)15-12)9-3-1-2-6-14-9/h4-5,7,9,14H,1-3,6H2,(H,15,17)(H,16,18). The van der Waals surface area contributed by atoms with Crippen LogP contribution < -0.4 is 16.4 Å². The van der Waals surface area contributed by atoms with Gasteiger partial charge in [-0.2, -0.15) is 0 Å². The van der Waals surface area contributed by atoms with Gasteiger partial charge in [0.15, 0.2) is 0 Å². The second-order valence-electron chi connectivity index (χ2n) is 4.72. The quantitative estimate of drug-likeness (QED) is 0.657. The molecule has 2 heterocycles. The largest absolute Gasteiger partial charge is 0.316 e. The number of hydrogen-bond acceptors (Lipinski definition) is 3. The number of rotatable bonds is 1. The van der Waals surface area contributed by atoms with Crippen LogP contribution in [0.2, 0.25) is 0 Å². The van der Waals surface area contributed by atoms with Gasteiger partial charge in [0.05, 0.1) is 11.0 Å². The molecule has 1 aliphatic rings. The minimum Gasteiger partial charge on any atom is -0.316 e. The van der Waals surface area contributed by atoms with Crippen molar-refractivity contribution in [3.63, 3.8) is 0 Å². The summed E-state index contributed by atoms with van der Waals surface area (Å²) in [4.78, 5) is 27.7. The Morgan fingerprint density at radius 3 is 2.50 bits per heavy atom. The van der Waals surface area contributed by atoms with Crippen LogP contribution in [0.3, 0.4) is 0 Å². The van der Waals surface area contributed by atoms with Gasteiger partial charge in [-0.15, -0.1) is 0 Å². The molecule has 2 aromatic rings. The summed E-state index contributed by atoms with van der Waals surface area (Å²) < 4.78 is 0. The van der Waals surface area contributed by atoms with Gasteiger partial charge in [0.25, 0.3) is 0 Å².